The first-order chi connectivity index (χ1) is 6.83. The summed E-state index contributed by atoms with van der Waals surface area (Å²) in [6.07, 6.45) is 4.00. The minimum absolute atomic E-state index is 1.02. The molecule has 1 aromatic heterocycles. The highest BCUT2D eigenvalue weighted by molar-refractivity contribution is 5.47. The average Bonchev–Trinajstić information content (AvgIpc) is 2.30. The van der Waals surface area contributed by atoms with Gasteiger partial charge in [-0.05, 0) is 30.0 Å². The Balaban J connectivity index is 0.000000791. The molecule has 1 heterocycles. The van der Waals surface area contributed by atoms with E-state index in [1.54, 1.807) is 0 Å². The Hall–Kier alpha value is -1.05. The zero-order valence-corrected chi connectivity index (χ0v) is 10.0. The second kappa shape index (κ2) is 7.36. The molecule has 0 spiro atoms. The maximum Gasteiger partial charge on any atom is 0.129 e. The maximum absolute atomic E-state index is 4.27. The molecule has 0 unspecified atom stereocenters. The molecule has 0 amide bonds. The molecule has 0 bridgehead atoms. The van der Waals surface area contributed by atoms with Crippen molar-refractivity contribution in [3.8, 4) is 0 Å². The number of rotatable bonds is 3. The van der Waals surface area contributed by atoms with E-state index >= 15 is 0 Å². The summed E-state index contributed by atoms with van der Waals surface area (Å²) in [5.74, 6) is 1.02. The van der Waals surface area contributed by atoms with Crippen molar-refractivity contribution in [2.24, 2.45) is 0 Å². The molecule has 0 saturated carbocycles. The fourth-order valence-electron chi connectivity index (χ4n) is 1.47. The van der Waals surface area contributed by atoms with Crippen molar-refractivity contribution in [1.82, 2.24) is 4.98 Å². The van der Waals surface area contributed by atoms with Crippen LogP contribution in [0.2, 0.25) is 0 Å². The first kappa shape index (κ1) is 12.9. The van der Waals surface area contributed by atoms with Crippen LogP contribution in [-0.4, -0.2) is 12.0 Å². The molecule has 0 fully saturated rings. The molecular formula is C12H22N2. The van der Waals surface area contributed by atoms with E-state index in [0.717, 1.165) is 18.7 Å². The number of hydrogen-bond acceptors (Lipinski definition) is 2. The zero-order chi connectivity index (χ0) is 11.0. The fraction of sp³-hybridized carbons (Fsp3) is 0.583. The molecule has 0 saturated heterocycles. The number of aryl methyl sites for hydroxylation is 1. The summed E-state index contributed by atoms with van der Waals surface area (Å²) in [5.41, 5.74) is 2.75. The zero-order valence-electron chi connectivity index (χ0n) is 10.0. The molecule has 14 heavy (non-hydrogen) atoms. The van der Waals surface area contributed by atoms with Gasteiger partial charge < -0.3 is 5.32 Å². The molecule has 2 heteroatoms. The van der Waals surface area contributed by atoms with Gasteiger partial charge >= 0.3 is 0 Å². The Morgan fingerprint density at radius 1 is 1.21 bits per heavy atom. The Kier molecular flexibility index (Phi) is 6.81. The number of nitrogens with zero attached hydrogens (tertiary/aromatic N) is 1. The van der Waals surface area contributed by atoms with Gasteiger partial charge in [0, 0.05) is 13.2 Å². The van der Waals surface area contributed by atoms with Gasteiger partial charge in [0.05, 0.1) is 0 Å². The summed E-state index contributed by atoms with van der Waals surface area (Å²) in [4.78, 5) is 4.27. The van der Waals surface area contributed by atoms with Gasteiger partial charge in [0.2, 0.25) is 0 Å². The lowest BCUT2D eigenvalue weighted by atomic mass is 10.1. The Bertz CT molecular complexity index is 234. The van der Waals surface area contributed by atoms with Gasteiger partial charge in [0.15, 0.2) is 0 Å². The second-order valence-corrected chi connectivity index (χ2v) is 2.75. The van der Waals surface area contributed by atoms with Crippen LogP contribution in [-0.2, 0) is 12.8 Å². The van der Waals surface area contributed by atoms with E-state index in [-0.39, 0.29) is 0 Å². The van der Waals surface area contributed by atoms with Crippen LogP contribution >= 0.6 is 0 Å². The summed E-state index contributed by atoms with van der Waals surface area (Å²) in [6, 6.07) is 2.10. The van der Waals surface area contributed by atoms with Gasteiger partial charge in [-0.2, -0.15) is 0 Å². The molecule has 0 aliphatic carbocycles. The molecule has 0 aliphatic rings. The number of nitrogens with one attached hydrogen (secondary N) is 1. The SMILES string of the molecule is CC.CCc1ccnc(NC)c1CC. The number of anilines is 1. The van der Waals surface area contributed by atoms with Crippen molar-refractivity contribution in [1.29, 1.82) is 0 Å². The molecule has 0 atom stereocenters. The molecule has 1 aromatic rings. The quantitative estimate of drug-likeness (QED) is 0.798. The molecule has 0 aromatic carbocycles. The van der Waals surface area contributed by atoms with Gasteiger partial charge in [-0.15, -0.1) is 0 Å². The number of aromatic nitrogens is 1. The van der Waals surface area contributed by atoms with E-state index in [0.29, 0.717) is 0 Å². The highest BCUT2D eigenvalue weighted by Crippen LogP contribution is 2.17. The first-order valence-corrected chi connectivity index (χ1v) is 5.48. The summed E-state index contributed by atoms with van der Waals surface area (Å²) >= 11 is 0. The van der Waals surface area contributed by atoms with Crippen molar-refractivity contribution in [3.05, 3.63) is 23.4 Å². The third-order valence-electron chi connectivity index (χ3n) is 2.12. The van der Waals surface area contributed by atoms with Crippen LogP contribution in [0.25, 0.3) is 0 Å². The predicted molar refractivity (Wildman–Crippen MR) is 63.9 cm³/mol. The van der Waals surface area contributed by atoms with E-state index in [9.17, 15) is 0 Å². The summed E-state index contributed by atoms with van der Waals surface area (Å²) < 4.78 is 0. The van der Waals surface area contributed by atoms with E-state index < -0.39 is 0 Å². The molecule has 0 radical (unpaired) electrons. The fourth-order valence-corrected chi connectivity index (χ4v) is 1.47. The highest BCUT2D eigenvalue weighted by Gasteiger charge is 2.03. The van der Waals surface area contributed by atoms with E-state index in [4.69, 9.17) is 0 Å². The van der Waals surface area contributed by atoms with E-state index in [2.05, 4.69) is 30.2 Å². The van der Waals surface area contributed by atoms with Crippen LogP contribution in [0.5, 0.6) is 0 Å². The van der Waals surface area contributed by atoms with Gasteiger partial charge in [0.1, 0.15) is 5.82 Å². The second-order valence-electron chi connectivity index (χ2n) is 2.75. The number of hydrogen-bond donors (Lipinski definition) is 1. The molecule has 80 valence electrons. The highest BCUT2D eigenvalue weighted by atomic mass is 15.0. The summed E-state index contributed by atoms with van der Waals surface area (Å²) in [6.45, 7) is 8.34. The van der Waals surface area contributed by atoms with Crippen molar-refractivity contribution in [2.45, 2.75) is 40.5 Å². The molecule has 0 aliphatic heterocycles. The van der Waals surface area contributed by atoms with Gasteiger partial charge in [-0.25, -0.2) is 4.98 Å². The van der Waals surface area contributed by atoms with Crippen LogP contribution in [0.4, 0.5) is 5.82 Å². The third kappa shape index (κ3) is 3.02. The molecule has 1 rings (SSSR count). The monoisotopic (exact) mass is 194 g/mol. The molecule has 1 N–H and O–H groups in total. The summed E-state index contributed by atoms with van der Waals surface area (Å²) in [7, 11) is 1.92. The average molecular weight is 194 g/mol. The van der Waals surface area contributed by atoms with Gasteiger partial charge in [-0.1, -0.05) is 27.7 Å². The normalized spacial score (nSPS) is 8.93. The minimum atomic E-state index is 1.02. The van der Waals surface area contributed by atoms with Crippen molar-refractivity contribution >= 4 is 5.82 Å². The summed E-state index contributed by atoms with van der Waals surface area (Å²) in [5, 5.41) is 3.11. The minimum Gasteiger partial charge on any atom is -0.373 e. The number of pyridine rings is 1. The third-order valence-corrected chi connectivity index (χ3v) is 2.12. The van der Waals surface area contributed by atoms with Crippen LogP contribution in [0.15, 0.2) is 12.3 Å². The standard InChI is InChI=1S/C10H16N2.C2H6/c1-4-8-6-7-12-10(11-3)9(8)5-2;1-2/h6-7H,4-5H2,1-3H3,(H,11,12);1-2H3. The van der Waals surface area contributed by atoms with E-state index in [1.165, 1.54) is 11.1 Å². The Morgan fingerprint density at radius 3 is 2.29 bits per heavy atom. The first-order valence-electron chi connectivity index (χ1n) is 5.48. The van der Waals surface area contributed by atoms with Crippen molar-refractivity contribution in [2.75, 3.05) is 12.4 Å². The van der Waals surface area contributed by atoms with Gasteiger partial charge in [0.25, 0.3) is 0 Å². The lowest BCUT2D eigenvalue weighted by molar-refractivity contribution is 1.01. The maximum atomic E-state index is 4.27. The smallest absolute Gasteiger partial charge is 0.129 e. The van der Waals surface area contributed by atoms with E-state index in [1.807, 2.05) is 27.1 Å². The van der Waals surface area contributed by atoms with Crippen molar-refractivity contribution in [3.63, 3.8) is 0 Å². The van der Waals surface area contributed by atoms with Gasteiger partial charge in [-0.3, -0.25) is 0 Å². The Labute approximate surface area is 87.8 Å². The Morgan fingerprint density at radius 2 is 1.86 bits per heavy atom. The predicted octanol–water partition coefficient (Wildman–Crippen LogP) is 3.27. The topological polar surface area (TPSA) is 24.9 Å². The van der Waals surface area contributed by atoms with Crippen LogP contribution in [0.1, 0.15) is 38.8 Å². The van der Waals surface area contributed by atoms with Crippen LogP contribution in [0, 0.1) is 0 Å². The molecular weight excluding hydrogens is 172 g/mol. The van der Waals surface area contributed by atoms with Crippen LogP contribution in [0.3, 0.4) is 0 Å². The lowest BCUT2D eigenvalue weighted by Crippen LogP contribution is -2.01. The lowest BCUT2D eigenvalue weighted by Gasteiger charge is -2.09. The van der Waals surface area contributed by atoms with Crippen LogP contribution < -0.4 is 5.32 Å². The van der Waals surface area contributed by atoms with Crippen molar-refractivity contribution < 1.29 is 0 Å². The molecule has 2 nitrogen and oxygen atoms in total. The largest absolute Gasteiger partial charge is 0.373 e.